The van der Waals surface area contributed by atoms with Crippen molar-refractivity contribution in [1.29, 1.82) is 0 Å². The van der Waals surface area contributed by atoms with Crippen LogP contribution in [-0.2, 0) is 0 Å². The molecule has 1 heterocycles. The van der Waals surface area contributed by atoms with Gasteiger partial charge in [-0.3, -0.25) is 5.10 Å². The molecule has 19 heavy (non-hydrogen) atoms. The zero-order valence-electron chi connectivity index (χ0n) is 11.4. The van der Waals surface area contributed by atoms with Gasteiger partial charge in [-0.1, -0.05) is 18.0 Å². The van der Waals surface area contributed by atoms with Gasteiger partial charge in [0, 0.05) is 11.8 Å². The van der Waals surface area contributed by atoms with Crippen LogP contribution in [0.4, 0.5) is 0 Å². The molecule has 0 spiro atoms. The lowest BCUT2D eigenvalue weighted by molar-refractivity contribution is 0.149. The standard InChI is InChI=1S/C14H20ClN3O/c1-10-8-13(15)16-14(9-11(2)18-17-10)19-12-6-4-3-5-7-12/h8-9,12,17H,3-7H2,1-2H3. The smallest absolute Gasteiger partial charge is 0.216 e. The number of aryl methyl sites for hydroxylation is 2. The average Bonchev–Trinajstić information content (AvgIpc) is 2.41. The fraction of sp³-hybridized carbons (Fsp3) is 0.571. The summed E-state index contributed by atoms with van der Waals surface area (Å²) in [5.74, 6) is 0.547. The minimum Gasteiger partial charge on any atom is -0.474 e. The second-order valence-electron chi connectivity index (χ2n) is 4.99. The Morgan fingerprint density at radius 1 is 1.21 bits per heavy atom. The Bertz CT molecular complexity index is 480. The number of H-pyrrole nitrogens is 1. The van der Waals surface area contributed by atoms with E-state index in [4.69, 9.17) is 16.3 Å². The van der Waals surface area contributed by atoms with Crippen molar-refractivity contribution in [2.75, 3.05) is 0 Å². The largest absolute Gasteiger partial charge is 0.474 e. The molecule has 0 bridgehead atoms. The first-order chi connectivity index (χ1) is 9.13. The number of aromatic amines is 1. The summed E-state index contributed by atoms with van der Waals surface area (Å²) in [4.78, 5) is 4.31. The van der Waals surface area contributed by atoms with Gasteiger partial charge in [-0.05, 0) is 45.6 Å². The van der Waals surface area contributed by atoms with E-state index in [1.165, 1.54) is 19.3 Å². The van der Waals surface area contributed by atoms with Gasteiger partial charge in [0.1, 0.15) is 11.3 Å². The minimum atomic E-state index is 0.250. The van der Waals surface area contributed by atoms with Gasteiger partial charge in [-0.2, -0.15) is 5.10 Å². The number of nitrogens with one attached hydrogen (secondary N) is 1. The van der Waals surface area contributed by atoms with E-state index >= 15 is 0 Å². The molecule has 4 nitrogen and oxygen atoms in total. The summed E-state index contributed by atoms with van der Waals surface area (Å²) in [6.45, 7) is 3.79. The molecule has 104 valence electrons. The molecule has 1 aliphatic rings. The van der Waals surface area contributed by atoms with E-state index in [2.05, 4.69) is 15.2 Å². The fourth-order valence-corrected chi connectivity index (χ4v) is 2.43. The molecule has 1 aliphatic carbocycles. The van der Waals surface area contributed by atoms with Crippen LogP contribution >= 0.6 is 11.6 Å². The number of hydrogen-bond donors (Lipinski definition) is 1. The highest BCUT2D eigenvalue weighted by Gasteiger charge is 2.15. The van der Waals surface area contributed by atoms with Crippen LogP contribution in [-0.4, -0.2) is 21.3 Å². The van der Waals surface area contributed by atoms with Crippen LogP contribution in [0.2, 0.25) is 5.15 Å². The number of aromatic nitrogens is 3. The highest BCUT2D eigenvalue weighted by molar-refractivity contribution is 6.29. The summed E-state index contributed by atoms with van der Waals surface area (Å²) >= 11 is 6.08. The molecule has 1 fully saturated rings. The molecule has 1 saturated carbocycles. The number of halogens is 1. The second kappa shape index (κ2) is 6.75. The molecule has 0 aromatic carbocycles. The molecule has 0 unspecified atom stereocenters. The summed E-state index contributed by atoms with van der Waals surface area (Å²) in [7, 11) is 0. The van der Waals surface area contributed by atoms with E-state index in [0.29, 0.717) is 11.0 Å². The first-order valence-electron chi connectivity index (χ1n) is 6.74. The lowest BCUT2D eigenvalue weighted by Gasteiger charge is -2.22. The molecule has 0 amide bonds. The van der Waals surface area contributed by atoms with Crippen molar-refractivity contribution < 1.29 is 4.74 Å². The predicted molar refractivity (Wildman–Crippen MR) is 76.0 cm³/mol. The third-order valence-electron chi connectivity index (χ3n) is 3.13. The minimum absolute atomic E-state index is 0.250. The van der Waals surface area contributed by atoms with Gasteiger partial charge in [0.15, 0.2) is 0 Å². The molecule has 2 rings (SSSR count). The normalized spacial score (nSPS) is 15.9. The Labute approximate surface area is 118 Å². The van der Waals surface area contributed by atoms with Crippen LogP contribution in [0.3, 0.4) is 0 Å². The quantitative estimate of drug-likeness (QED) is 0.894. The SMILES string of the molecule is Cc1cc(OC2CCCCC2)nc(Cl)cc(C)[nH]n1. The Morgan fingerprint density at radius 3 is 2.68 bits per heavy atom. The molecule has 0 radical (unpaired) electrons. The first kappa shape index (κ1) is 14.1. The van der Waals surface area contributed by atoms with Crippen molar-refractivity contribution >= 4 is 11.6 Å². The van der Waals surface area contributed by atoms with E-state index in [1.807, 2.05) is 19.9 Å². The third-order valence-corrected chi connectivity index (χ3v) is 3.33. The topological polar surface area (TPSA) is 50.8 Å². The molecule has 1 aromatic rings. The van der Waals surface area contributed by atoms with E-state index in [-0.39, 0.29) is 6.10 Å². The van der Waals surface area contributed by atoms with E-state index in [1.54, 1.807) is 6.07 Å². The Kier molecular flexibility index (Phi) is 5.02. The molecule has 0 atom stereocenters. The molecular formula is C14H20ClN3O. The molecule has 0 saturated heterocycles. The van der Waals surface area contributed by atoms with Crippen molar-refractivity contribution in [3.8, 4) is 5.88 Å². The molecule has 5 heteroatoms. The van der Waals surface area contributed by atoms with Gasteiger partial charge in [0.2, 0.25) is 5.88 Å². The van der Waals surface area contributed by atoms with Crippen molar-refractivity contribution in [3.05, 3.63) is 28.7 Å². The van der Waals surface area contributed by atoms with E-state index in [9.17, 15) is 0 Å². The lowest BCUT2D eigenvalue weighted by atomic mass is 9.98. The second-order valence-corrected chi connectivity index (χ2v) is 5.37. The maximum absolute atomic E-state index is 6.08. The molecule has 1 N–H and O–H groups in total. The summed E-state index contributed by atoms with van der Waals surface area (Å²) in [6.07, 6.45) is 6.18. The predicted octanol–water partition coefficient (Wildman–Crippen LogP) is 3.91. The fourth-order valence-electron chi connectivity index (χ4n) is 2.18. The van der Waals surface area contributed by atoms with Crippen molar-refractivity contribution in [2.24, 2.45) is 0 Å². The summed E-state index contributed by atoms with van der Waals surface area (Å²) in [5.41, 5.74) is 1.66. The summed E-state index contributed by atoms with van der Waals surface area (Å²) in [6, 6.07) is 3.55. The monoisotopic (exact) mass is 281 g/mol. The van der Waals surface area contributed by atoms with Crippen LogP contribution in [0.25, 0.3) is 0 Å². The highest BCUT2D eigenvalue weighted by Crippen LogP contribution is 2.22. The number of nitrogens with zero attached hydrogens (tertiary/aromatic N) is 2. The van der Waals surface area contributed by atoms with Gasteiger partial charge in [-0.15, -0.1) is 0 Å². The van der Waals surface area contributed by atoms with Crippen LogP contribution < -0.4 is 4.74 Å². The van der Waals surface area contributed by atoms with Gasteiger partial charge >= 0.3 is 0 Å². The van der Waals surface area contributed by atoms with Crippen LogP contribution in [0.15, 0.2) is 12.1 Å². The average molecular weight is 282 g/mol. The number of ether oxygens (including phenoxy) is 1. The van der Waals surface area contributed by atoms with Crippen molar-refractivity contribution in [3.63, 3.8) is 0 Å². The maximum atomic E-state index is 6.08. The Morgan fingerprint density at radius 2 is 1.95 bits per heavy atom. The molecule has 1 aromatic heterocycles. The molecule has 0 aliphatic heterocycles. The highest BCUT2D eigenvalue weighted by atomic mass is 35.5. The lowest BCUT2D eigenvalue weighted by Crippen LogP contribution is -2.20. The maximum Gasteiger partial charge on any atom is 0.216 e. The summed E-state index contributed by atoms with van der Waals surface area (Å²) in [5, 5.41) is 7.52. The zero-order chi connectivity index (χ0) is 13.7. The van der Waals surface area contributed by atoms with Gasteiger partial charge < -0.3 is 4.74 Å². The number of hydrogen-bond acceptors (Lipinski definition) is 3. The van der Waals surface area contributed by atoms with Crippen LogP contribution in [0.5, 0.6) is 5.88 Å². The van der Waals surface area contributed by atoms with E-state index < -0.39 is 0 Å². The first-order valence-corrected chi connectivity index (χ1v) is 7.12. The zero-order valence-corrected chi connectivity index (χ0v) is 12.2. The van der Waals surface area contributed by atoms with Crippen molar-refractivity contribution in [1.82, 2.24) is 15.2 Å². The van der Waals surface area contributed by atoms with Crippen LogP contribution in [0.1, 0.15) is 43.5 Å². The number of rotatable bonds is 2. The Balaban J connectivity index is 2.28. The Hall–Kier alpha value is -1.29. The van der Waals surface area contributed by atoms with Crippen molar-refractivity contribution in [2.45, 2.75) is 52.1 Å². The summed E-state index contributed by atoms with van der Waals surface area (Å²) < 4.78 is 5.95. The van der Waals surface area contributed by atoms with Gasteiger partial charge in [0.25, 0.3) is 0 Å². The third kappa shape index (κ3) is 4.71. The van der Waals surface area contributed by atoms with E-state index in [0.717, 1.165) is 24.2 Å². The van der Waals surface area contributed by atoms with Gasteiger partial charge in [0.05, 0.1) is 5.69 Å². The van der Waals surface area contributed by atoms with Gasteiger partial charge in [-0.25, -0.2) is 4.98 Å². The van der Waals surface area contributed by atoms with Crippen LogP contribution in [0, 0.1) is 13.8 Å². The molecular weight excluding hydrogens is 262 g/mol.